The van der Waals surface area contributed by atoms with Crippen molar-refractivity contribution in [2.75, 3.05) is 20.1 Å². The molecule has 0 aliphatic carbocycles. The molecule has 5 nitrogen and oxygen atoms in total. The quantitative estimate of drug-likeness (QED) is 0.506. The number of para-hydroxylation sites is 1. The highest BCUT2D eigenvalue weighted by molar-refractivity contribution is 5.80. The fourth-order valence-electron chi connectivity index (χ4n) is 3.66. The molecule has 0 saturated carbocycles. The van der Waals surface area contributed by atoms with Gasteiger partial charge in [0.2, 0.25) is 0 Å². The molecule has 1 aliphatic heterocycles. The number of likely N-dealkylation sites (tertiary alicyclic amines) is 1. The molecule has 4 rings (SSSR count). The Morgan fingerprint density at radius 3 is 2.43 bits per heavy atom. The summed E-state index contributed by atoms with van der Waals surface area (Å²) in [5, 5.41) is 7.81. The summed E-state index contributed by atoms with van der Waals surface area (Å²) in [6.07, 6.45) is 2.67. The predicted molar refractivity (Wildman–Crippen MR) is 114 cm³/mol. The molecule has 1 saturated heterocycles. The number of aliphatic imine (C=N–C) groups is 1. The van der Waals surface area contributed by atoms with Crippen molar-refractivity contribution in [3.8, 4) is 0 Å². The van der Waals surface area contributed by atoms with Crippen LogP contribution in [0.15, 0.2) is 64.0 Å². The summed E-state index contributed by atoms with van der Waals surface area (Å²) in [5.74, 6) is 1.66. The minimum absolute atomic E-state index is 0.600. The third-order valence-corrected chi connectivity index (χ3v) is 5.22. The Labute approximate surface area is 166 Å². The first kappa shape index (κ1) is 18.6. The average molecular weight is 377 g/mol. The van der Waals surface area contributed by atoms with Gasteiger partial charge in [-0.15, -0.1) is 0 Å². The minimum Gasteiger partial charge on any atom is -0.459 e. The first-order chi connectivity index (χ1) is 13.8. The second-order valence-corrected chi connectivity index (χ2v) is 7.33. The zero-order chi connectivity index (χ0) is 19.2. The van der Waals surface area contributed by atoms with Crippen molar-refractivity contribution in [1.29, 1.82) is 0 Å². The lowest BCUT2D eigenvalue weighted by molar-refractivity contribution is 0.331. The van der Waals surface area contributed by atoms with Gasteiger partial charge in [0.1, 0.15) is 11.3 Å². The highest BCUT2D eigenvalue weighted by Crippen LogP contribution is 2.18. The number of hydrogen-bond acceptors (Lipinski definition) is 3. The van der Waals surface area contributed by atoms with Gasteiger partial charge in [-0.2, -0.15) is 0 Å². The number of nitrogens with zero attached hydrogens (tertiary/aromatic N) is 2. The van der Waals surface area contributed by atoms with Gasteiger partial charge >= 0.3 is 0 Å². The first-order valence-corrected chi connectivity index (χ1v) is 10.0. The summed E-state index contributed by atoms with van der Waals surface area (Å²) in [5.41, 5.74) is 3.55. The Kier molecular flexibility index (Phi) is 5.92. The zero-order valence-corrected chi connectivity index (χ0v) is 16.4. The van der Waals surface area contributed by atoms with Crippen LogP contribution in [0, 0.1) is 0 Å². The maximum Gasteiger partial charge on any atom is 0.191 e. The summed E-state index contributed by atoms with van der Waals surface area (Å²) >= 11 is 0. The molecule has 0 bridgehead atoms. The third-order valence-electron chi connectivity index (χ3n) is 5.22. The van der Waals surface area contributed by atoms with Gasteiger partial charge in [-0.3, -0.25) is 9.89 Å². The fourth-order valence-corrected chi connectivity index (χ4v) is 3.66. The normalized spacial score (nSPS) is 15.2. The van der Waals surface area contributed by atoms with Crippen molar-refractivity contribution < 1.29 is 4.42 Å². The second kappa shape index (κ2) is 8.93. The smallest absolute Gasteiger partial charge is 0.191 e. The fraction of sp³-hybridized carbons (Fsp3) is 0.348. The van der Waals surface area contributed by atoms with E-state index in [9.17, 15) is 0 Å². The van der Waals surface area contributed by atoms with E-state index in [0.717, 1.165) is 35.8 Å². The molecule has 0 radical (unpaired) electrons. The standard InChI is InChI=1S/C23H28N4O/c1-24-23(26-16-21-14-20-6-2-3-7-22(20)28-21)25-15-18-8-10-19(11-9-18)17-27-12-4-5-13-27/h2-3,6-11,14H,4-5,12-13,15-17H2,1H3,(H2,24,25,26). The van der Waals surface area contributed by atoms with Crippen LogP contribution in [0.5, 0.6) is 0 Å². The molecule has 28 heavy (non-hydrogen) atoms. The number of fused-ring (bicyclic) bond motifs is 1. The lowest BCUT2D eigenvalue weighted by Gasteiger charge is -2.15. The van der Waals surface area contributed by atoms with Gasteiger partial charge in [-0.25, -0.2) is 0 Å². The van der Waals surface area contributed by atoms with Crippen LogP contribution in [-0.2, 0) is 19.6 Å². The van der Waals surface area contributed by atoms with E-state index in [4.69, 9.17) is 4.42 Å². The number of guanidine groups is 1. The molecule has 2 N–H and O–H groups in total. The van der Waals surface area contributed by atoms with Gasteiger partial charge in [0.05, 0.1) is 6.54 Å². The van der Waals surface area contributed by atoms with E-state index < -0.39 is 0 Å². The van der Waals surface area contributed by atoms with Crippen LogP contribution < -0.4 is 10.6 Å². The minimum atomic E-state index is 0.600. The van der Waals surface area contributed by atoms with Gasteiger partial charge in [0.25, 0.3) is 0 Å². The molecule has 0 atom stereocenters. The Morgan fingerprint density at radius 2 is 1.68 bits per heavy atom. The molecule has 1 aliphatic rings. The molecular weight excluding hydrogens is 348 g/mol. The van der Waals surface area contributed by atoms with Crippen molar-refractivity contribution in [2.24, 2.45) is 4.99 Å². The lowest BCUT2D eigenvalue weighted by Crippen LogP contribution is -2.36. The van der Waals surface area contributed by atoms with Gasteiger partial charge in [0.15, 0.2) is 5.96 Å². The largest absolute Gasteiger partial charge is 0.459 e. The molecule has 5 heteroatoms. The number of nitrogens with one attached hydrogen (secondary N) is 2. The summed E-state index contributed by atoms with van der Waals surface area (Å²) in [6, 6.07) is 19.0. The monoisotopic (exact) mass is 376 g/mol. The molecule has 1 aromatic heterocycles. The molecule has 3 aromatic rings. The molecule has 0 unspecified atom stereocenters. The topological polar surface area (TPSA) is 52.8 Å². The average Bonchev–Trinajstić information content (AvgIpc) is 3.38. The molecule has 2 aromatic carbocycles. The summed E-state index contributed by atoms with van der Waals surface area (Å²) in [4.78, 5) is 6.83. The van der Waals surface area contributed by atoms with Gasteiger partial charge in [0, 0.05) is 25.5 Å². The van der Waals surface area contributed by atoms with Crippen LogP contribution in [0.25, 0.3) is 11.0 Å². The summed E-state index contributed by atoms with van der Waals surface area (Å²) in [6.45, 7) is 4.87. The molecule has 146 valence electrons. The Morgan fingerprint density at radius 1 is 0.964 bits per heavy atom. The maximum atomic E-state index is 5.84. The Balaban J connectivity index is 1.26. The number of furan rings is 1. The SMILES string of the molecule is CN=C(NCc1ccc(CN2CCCC2)cc1)NCc1cc2ccccc2o1. The lowest BCUT2D eigenvalue weighted by atomic mass is 10.1. The second-order valence-electron chi connectivity index (χ2n) is 7.33. The van der Waals surface area contributed by atoms with Crippen molar-refractivity contribution in [3.05, 3.63) is 71.5 Å². The van der Waals surface area contributed by atoms with Crippen LogP contribution in [0.4, 0.5) is 0 Å². The van der Waals surface area contributed by atoms with Crippen LogP contribution >= 0.6 is 0 Å². The summed E-state index contributed by atoms with van der Waals surface area (Å²) in [7, 11) is 1.78. The van der Waals surface area contributed by atoms with E-state index >= 15 is 0 Å². The summed E-state index contributed by atoms with van der Waals surface area (Å²) < 4.78 is 5.84. The van der Waals surface area contributed by atoms with Crippen molar-refractivity contribution in [3.63, 3.8) is 0 Å². The Hall–Kier alpha value is -2.79. The predicted octanol–water partition coefficient (Wildman–Crippen LogP) is 3.89. The number of hydrogen-bond donors (Lipinski definition) is 2. The molecule has 0 amide bonds. The highest BCUT2D eigenvalue weighted by atomic mass is 16.3. The van der Waals surface area contributed by atoms with Gasteiger partial charge in [-0.05, 0) is 49.2 Å². The highest BCUT2D eigenvalue weighted by Gasteiger charge is 2.11. The van der Waals surface area contributed by atoms with Gasteiger partial charge < -0.3 is 15.1 Å². The van der Waals surface area contributed by atoms with E-state index in [0.29, 0.717) is 6.54 Å². The third kappa shape index (κ3) is 4.73. The first-order valence-electron chi connectivity index (χ1n) is 10.0. The van der Waals surface area contributed by atoms with Crippen LogP contribution in [0.1, 0.15) is 29.7 Å². The van der Waals surface area contributed by atoms with Crippen LogP contribution in [-0.4, -0.2) is 31.0 Å². The molecule has 0 spiro atoms. The van der Waals surface area contributed by atoms with Crippen LogP contribution in [0.2, 0.25) is 0 Å². The van der Waals surface area contributed by atoms with Crippen molar-refractivity contribution in [2.45, 2.75) is 32.5 Å². The van der Waals surface area contributed by atoms with E-state index in [1.807, 2.05) is 18.2 Å². The zero-order valence-electron chi connectivity index (χ0n) is 16.4. The molecule has 1 fully saturated rings. The number of rotatable bonds is 6. The van der Waals surface area contributed by atoms with Gasteiger partial charge in [-0.1, -0.05) is 42.5 Å². The number of benzene rings is 2. The van der Waals surface area contributed by atoms with E-state index in [1.165, 1.54) is 37.1 Å². The van der Waals surface area contributed by atoms with E-state index in [-0.39, 0.29) is 0 Å². The molecular formula is C23H28N4O. The maximum absolute atomic E-state index is 5.84. The molecule has 2 heterocycles. The van der Waals surface area contributed by atoms with E-state index in [2.05, 4.69) is 56.9 Å². The van der Waals surface area contributed by atoms with Crippen molar-refractivity contribution >= 4 is 16.9 Å². The van der Waals surface area contributed by atoms with E-state index in [1.54, 1.807) is 7.05 Å². The Bertz CT molecular complexity index is 890. The van der Waals surface area contributed by atoms with Crippen molar-refractivity contribution in [1.82, 2.24) is 15.5 Å². The van der Waals surface area contributed by atoms with Crippen LogP contribution in [0.3, 0.4) is 0 Å².